The van der Waals surface area contributed by atoms with Gasteiger partial charge in [-0.15, -0.1) is 0 Å². The minimum atomic E-state index is -0.685. The number of hydrazone groups is 1. The van der Waals surface area contributed by atoms with Crippen molar-refractivity contribution in [2.45, 2.75) is 12.8 Å². The summed E-state index contributed by atoms with van der Waals surface area (Å²) in [6.07, 6.45) is 1.60. The first-order valence-electron chi connectivity index (χ1n) is 11.8. The molecule has 0 amide bonds. The summed E-state index contributed by atoms with van der Waals surface area (Å²) in [6.45, 7) is 2.04. The number of non-ortho nitro benzene ring substituents is 1. The number of anilines is 1. The van der Waals surface area contributed by atoms with Crippen LogP contribution in [0, 0.1) is 27.2 Å². The normalized spacial score (nSPS) is 14.6. The van der Waals surface area contributed by atoms with Crippen LogP contribution in [0.25, 0.3) is 5.76 Å². The van der Waals surface area contributed by atoms with E-state index in [9.17, 15) is 20.2 Å². The molecule has 4 aromatic rings. The number of fused-ring (bicyclic) bond motifs is 1. The second-order valence-electron chi connectivity index (χ2n) is 8.67. The lowest BCUT2D eigenvalue weighted by Gasteiger charge is -2.30. The number of rotatable bonds is 7. The van der Waals surface area contributed by atoms with E-state index in [1.165, 1.54) is 12.1 Å². The molecule has 0 saturated heterocycles. The van der Waals surface area contributed by atoms with Gasteiger partial charge in [-0.05, 0) is 30.2 Å². The fourth-order valence-electron chi connectivity index (χ4n) is 4.52. The minimum absolute atomic E-state index is 0.0308. The van der Waals surface area contributed by atoms with Gasteiger partial charge in [-0.1, -0.05) is 72.8 Å². The highest BCUT2D eigenvalue weighted by Gasteiger charge is 2.31. The molecule has 0 bridgehead atoms. The van der Waals surface area contributed by atoms with Crippen molar-refractivity contribution >= 4 is 29.0 Å². The zero-order valence-electron chi connectivity index (χ0n) is 20.3. The molecule has 0 aliphatic carbocycles. The van der Waals surface area contributed by atoms with E-state index in [4.69, 9.17) is 4.74 Å². The lowest BCUT2D eigenvalue weighted by molar-refractivity contribution is -0.393. The van der Waals surface area contributed by atoms with Gasteiger partial charge in [-0.2, -0.15) is 5.10 Å². The van der Waals surface area contributed by atoms with E-state index in [0.29, 0.717) is 5.76 Å². The fraction of sp³-hybridized carbons (Fsp3) is 0.0690. The lowest BCUT2D eigenvalue weighted by Crippen LogP contribution is -2.18. The van der Waals surface area contributed by atoms with Crippen molar-refractivity contribution in [3.63, 3.8) is 0 Å². The molecular weight excluding hydrogens is 484 g/mol. The summed E-state index contributed by atoms with van der Waals surface area (Å²) < 4.78 is 6.41. The van der Waals surface area contributed by atoms with Gasteiger partial charge < -0.3 is 4.74 Å². The van der Waals surface area contributed by atoms with Crippen molar-refractivity contribution in [2.75, 3.05) is 5.43 Å². The summed E-state index contributed by atoms with van der Waals surface area (Å²) in [7, 11) is 0. The molecule has 38 heavy (non-hydrogen) atoms. The van der Waals surface area contributed by atoms with E-state index in [1.807, 2.05) is 79.7 Å². The van der Waals surface area contributed by atoms with Gasteiger partial charge in [-0.3, -0.25) is 25.7 Å². The molecule has 0 radical (unpaired) electrons. The van der Waals surface area contributed by atoms with Crippen LogP contribution in [0.4, 0.5) is 17.1 Å². The van der Waals surface area contributed by atoms with Crippen LogP contribution in [-0.4, -0.2) is 16.1 Å². The molecule has 1 unspecified atom stereocenters. The summed E-state index contributed by atoms with van der Waals surface area (Å²) in [5.74, 6) is 1.12. The fourth-order valence-corrected chi connectivity index (χ4v) is 4.52. The van der Waals surface area contributed by atoms with Crippen molar-refractivity contribution in [1.82, 2.24) is 0 Å². The van der Waals surface area contributed by atoms with Gasteiger partial charge in [0.15, 0.2) is 0 Å². The van der Waals surface area contributed by atoms with Crippen molar-refractivity contribution in [2.24, 2.45) is 5.10 Å². The number of allylic oxidation sites excluding steroid dienone is 1. The van der Waals surface area contributed by atoms with Gasteiger partial charge in [0.25, 0.3) is 5.69 Å². The van der Waals surface area contributed by atoms with Crippen molar-refractivity contribution in [1.29, 1.82) is 0 Å². The summed E-state index contributed by atoms with van der Waals surface area (Å²) >= 11 is 0. The Balaban J connectivity index is 1.64. The van der Waals surface area contributed by atoms with E-state index in [2.05, 4.69) is 16.6 Å². The van der Waals surface area contributed by atoms with Gasteiger partial charge in [0, 0.05) is 28.7 Å². The Hall–Kier alpha value is -5.31. The largest absolute Gasteiger partial charge is 0.456 e. The number of nitro groups is 2. The third kappa shape index (κ3) is 4.72. The quantitative estimate of drug-likeness (QED) is 0.166. The lowest BCUT2D eigenvalue weighted by atomic mass is 9.80. The van der Waals surface area contributed by atoms with Crippen LogP contribution in [-0.2, 0) is 0 Å². The summed E-state index contributed by atoms with van der Waals surface area (Å²) in [5.41, 5.74) is 6.63. The topological polar surface area (TPSA) is 120 Å². The van der Waals surface area contributed by atoms with Crippen LogP contribution >= 0.6 is 0 Å². The Kier molecular flexibility index (Phi) is 6.65. The highest BCUT2D eigenvalue weighted by atomic mass is 16.6. The number of nitrogens with zero attached hydrogens (tertiary/aromatic N) is 3. The van der Waals surface area contributed by atoms with Crippen molar-refractivity contribution < 1.29 is 14.6 Å². The number of aryl methyl sites for hydroxylation is 1. The smallest absolute Gasteiger partial charge is 0.301 e. The molecule has 1 atom stereocenters. The van der Waals surface area contributed by atoms with Gasteiger partial charge in [0.1, 0.15) is 17.2 Å². The Morgan fingerprint density at radius 1 is 0.842 bits per heavy atom. The molecule has 1 heterocycles. The van der Waals surface area contributed by atoms with E-state index in [0.717, 1.165) is 39.6 Å². The number of para-hydroxylation sites is 1. The van der Waals surface area contributed by atoms with Crippen molar-refractivity contribution in [3.8, 4) is 5.75 Å². The van der Waals surface area contributed by atoms with Crippen LogP contribution in [0.2, 0.25) is 0 Å². The number of hydrogen-bond acceptors (Lipinski definition) is 7. The maximum Gasteiger partial charge on any atom is 0.301 e. The molecule has 0 fully saturated rings. The predicted molar refractivity (Wildman–Crippen MR) is 145 cm³/mol. The van der Waals surface area contributed by atoms with E-state index >= 15 is 0 Å². The molecule has 0 saturated carbocycles. The zero-order valence-corrected chi connectivity index (χ0v) is 20.3. The third-order valence-corrected chi connectivity index (χ3v) is 6.33. The maximum atomic E-state index is 11.6. The highest BCUT2D eigenvalue weighted by Crippen LogP contribution is 2.45. The first-order valence-corrected chi connectivity index (χ1v) is 11.8. The molecule has 5 rings (SSSR count). The van der Waals surface area contributed by atoms with Gasteiger partial charge in [0.05, 0.1) is 22.1 Å². The van der Waals surface area contributed by atoms with Crippen LogP contribution in [0.3, 0.4) is 0 Å². The number of benzene rings is 4. The number of nitrogens with one attached hydrogen (secondary N) is 1. The molecule has 1 aliphatic heterocycles. The second kappa shape index (κ2) is 10.4. The van der Waals surface area contributed by atoms with Crippen LogP contribution in [0.5, 0.6) is 5.75 Å². The summed E-state index contributed by atoms with van der Waals surface area (Å²) in [4.78, 5) is 21.3. The first kappa shape index (κ1) is 24.4. The molecule has 0 aromatic heterocycles. The molecule has 188 valence electrons. The zero-order chi connectivity index (χ0) is 26.6. The predicted octanol–water partition coefficient (Wildman–Crippen LogP) is 6.84. The Labute approximate surface area is 218 Å². The Morgan fingerprint density at radius 3 is 2.24 bits per heavy atom. The van der Waals surface area contributed by atoms with Crippen LogP contribution < -0.4 is 10.2 Å². The van der Waals surface area contributed by atoms with E-state index in [-0.39, 0.29) is 17.3 Å². The van der Waals surface area contributed by atoms with Crippen LogP contribution in [0.15, 0.2) is 108 Å². The van der Waals surface area contributed by atoms with Gasteiger partial charge in [0.2, 0.25) is 0 Å². The monoisotopic (exact) mass is 506 g/mol. The molecule has 9 nitrogen and oxygen atoms in total. The molecule has 9 heteroatoms. The average molecular weight is 507 g/mol. The van der Waals surface area contributed by atoms with E-state index < -0.39 is 15.5 Å². The van der Waals surface area contributed by atoms with Gasteiger partial charge >= 0.3 is 5.69 Å². The third-order valence-electron chi connectivity index (χ3n) is 6.33. The molecule has 4 aromatic carbocycles. The van der Waals surface area contributed by atoms with Gasteiger partial charge in [-0.25, -0.2) is 0 Å². The molecule has 1 aliphatic rings. The van der Waals surface area contributed by atoms with E-state index in [1.54, 1.807) is 6.21 Å². The number of ether oxygens (including phenoxy) is 1. The Bertz CT molecular complexity index is 1600. The first-order chi connectivity index (χ1) is 18.4. The number of hydrogen-bond donors (Lipinski definition) is 1. The second-order valence-corrected chi connectivity index (χ2v) is 8.67. The average Bonchev–Trinajstić information content (AvgIpc) is 2.93. The standard InChI is InChI=1S/C29H22N4O5/c1-19-9-5-6-12-22(19)28-23-13-7-8-14-27(23)38-29(20-10-3-2-4-11-20)24(28)18-30-31-25-16-15-21(32(34)35)17-26(25)33(36)37/h2-18,28,31H,1H3. The maximum absolute atomic E-state index is 11.6. The summed E-state index contributed by atoms with van der Waals surface area (Å²) in [5, 5.41) is 27.0. The molecular formula is C29H22N4O5. The van der Waals surface area contributed by atoms with Crippen molar-refractivity contribution in [3.05, 3.63) is 145 Å². The molecule has 0 spiro atoms. The highest BCUT2D eigenvalue weighted by molar-refractivity contribution is 5.94. The number of nitro benzene ring substituents is 2. The van der Waals surface area contributed by atoms with Crippen LogP contribution in [0.1, 0.15) is 28.2 Å². The SMILES string of the molecule is Cc1ccccc1C1C(C=NNc2ccc([N+](=O)[O-])cc2[N+](=O)[O-])=C(c2ccccc2)Oc2ccccc21. The minimum Gasteiger partial charge on any atom is -0.456 e. The molecule has 1 N–H and O–H groups in total. The Morgan fingerprint density at radius 2 is 1.53 bits per heavy atom. The summed E-state index contributed by atoms with van der Waals surface area (Å²) in [6, 6.07) is 28.9.